The van der Waals surface area contributed by atoms with Gasteiger partial charge in [-0.05, 0) is 49.6 Å². The van der Waals surface area contributed by atoms with E-state index in [9.17, 15) is 23.6 Å². The highest BCUT2D eigenvalue weighted by Crippen LogP contribution is 2.29. The molecule has 4 amide bonds. The number of rotatable bonds is 5. The molecule has 0 bridgehead atoms. The van der Waals surface area contributed by atoms with Gasteiger partial charge in [0.05, 0.1) is 17.9 Å². The number of hydrogen-bond donors (Lipinski definition) is 2. The number of carbonyl (C=O) groups is 4. The van der Waals surface area contributed by atoms with Crippen LogP contribution in [0.4, 0.5) is 4.39 Å². The maximum Gasteiger partial charge on any atom is 0.273 e. The van der Waals surface area contributed by atoms with Gasteiger partial charge in [0.1, 0.15) is 11.9 Å². The Hall–Kier alpha value is -4.41. The molecule has 1 saturated heterocycles. The molecule has 1 aromatic heterocycles. The SMILES string of the molecule is Cc1cccc(F)c1C(C)NC(=O)c1cn(-c2ccc3c(c2)C(=O)N(C2CCC(=O)NC2=O)C3)nn1. The van der Waals surface area contributed by atoms with Crippen LogP contribution in [0.3, 0.4) is 0 Å². The van der Waals surface area contributed by atoms with Crippen molar-refractivity contribution in [3.8, 4) is 5.69 Å². The van der Waals surface area contributed by atoms with Crippen molar-refractivity contribution in [2.24, 2.45) is 0 Å². The van der Waals surface area contributed by atoms with E-state index in [2.05, 4.69) is 20.9 Å². The zero-order valence-electron chi connectivity index (χ0n) is 19.6. The summed E-state index contributed by atoms with van der Waals surface area (Å²) in [7, 11) is 0. The van der Waals surface area contributed by atoms with Crippen molar-refractivity contribution < 1.29 is 23.6 Å². The predicted octanol–water partition coefficient (Wildman–Crippen LogP) is 1.97. The standard InChI is InChI=1S/C25H23FN6O4/c1-13-4-3-5-18(26)22(13)14(2)27-23(34)19-12-32(30-29-19)16-7-6-15-11-31(25(36)17(15)10-16)20-8-9-21(33)28-24(20)35/h3-7,10,12,14,20H,8-9,11H2,1-2H3,(H,27,34)(H,28,33,35). The fraction of sp³-hybridized carbons (Fsp3) is 0.280. The van der Waals surface area contributed by atoms with Gasteiger partial charge < -0.3 is 10.2 Å². The van der Waals surface area contributed by atoms with Crippen molar-refractivity contribution in [2.75, 3.05) is 0 Å². The van der Waals surface area contributed by atoms with Crippen LogP contribution in [0.5, 0.6) is 0 Å². The Kier molecular flexibility index (Phi) is 5.83. The van der Waals surface area contributed by atoms with Crippen LogP contribution in [-0.4, -0.2) is 49.6 Å². The van der Waals surface area contributed by atoms with E-state index in [0.29, 0.717) is 16.8 Å². The van der Waals surface area contributed by atoms with Gasteiger partial charge in [-0.25, -0.2) is 9.07 Å². The predicted molar refractivity (Wildman–Crippen MR) is 124 cm³/mol. The smallest absolute Gasteiger partial charge is 0.273 e. The summed E-state index contributed by atoms with van der Waals surface area (Å²) >= 11 is 0. The molecule has 2 aromatic carbocycles. The lowest BCUT2D eigenvalue weighted by Crippen LogP contribution is -2.52. The highest BCUT2D eigenvalue weighted by Gasteiger charge is 2.39. The molecule has 36 heavy (non-hydrogen) atoms. The summed E-state index contributed by atoms with van der Waals surface area (Å²) in [5.41, 5.74) is 2.84. The number of fused-ring (bicyclic) bond motifs is 1. The minimum atomic E-state index is -0.701. The van der Waals surface area contributed by atoms with Crippen LogP contribution in [0.2, 0.25) is 0 Å². The van der Waals surface area contributed by atoms with Gasteiger partial charge in [-0.2, -0.15) is 0 Å². The number of nitrogens with one attached hydrogen (secondary N) is 2. The van der Waals surface area contributed by atoms with Gasteiger partial charge in [0.2, 0.25) is 11.8 Å². The number of halogens is 1. The number of imide groups is 1. The van der Waals surface area contributed by atoms with E-state index in [1.807, 2.05) is 0 Å². The Morgan fingerprint density at radius 3 is 2.78 bits per heavy atom. The van der Waals surface area contributed by atoms with Crippen LogP contribution < -0.4 is 10.6 Å². The average Bonchev–Trinajstić information content (AvgIpc) is 3.44. The molecule has 0 spiro atoms. The molecule has 5 rings (SSSR count). The maximum absolute atomic E-state index is 14.3. The molecule has 2 atom stereocenters. The van der Waals surface area contributed by atoms with Crippen LogP contribution in [-0.2, 0) is 16.1 Å². The van der Waals surface area contributed by atoms with Gasteiger partial charge in [-0.3, -0.25) is 24.5 Å². The van der Waals surface area contributed by atoms with E-state index >= 15 is 0 Å². The Labute approximate surface area is 205 Å². The van der Waals surface area contributed by atoms with Gasteiger partial charge in [0.15, 0.2) is 5.69 Å². The maximum atomic E-state index is 14.3. The fourth-order valence-corrected chi connectivity index (χ4v) is 4.72. The summed E-state index contributed by atoms with van der Waals surface area (Å²) in [4.78, 5) is 50.9. The molecule has 2 unspecified atom stereocenters. The number of nitrogens with zero attached hydrogens (tertiary/aromatic N) is 4. The third-order valence-corrected chi connectivity index (χ3v) is 6.55. The number of benzene rings is 2. The quantitative estimate of drug-likeness (QED) is 0.527. The Morgan fingerprint density at radius 2 is 2.03 bits per heavy atom. The number of hydrogen-bond acceptors (Lipinski definition) is 6. The molecule has 11 heteroatoms. The van der Waals surface area contributed by atoms with Crippen molar-refractivity contribution >= 4 is 23.6 Å². The molecule has 0 radical (unpaired) electrons. The summed E-state index contributed by atoms with van der Waals surface area (Å²) in [6, 6.07) is 8.57. The Balaban J connectivity index is 1.32. The second-order valence-corrected chi connectivity index (χ2v) is 8.96. The largest absolute Gasteiger partial charge is 0.344 e. The normalized spacial score (nSPS) is 18.1. The summed E-state index contributed by atoms with van der Waals surface area (Å²) < 4.78 is 15.6. The number of aryl methyl sites for hydroxylation is 1. The zero-order valence-corrected chi connectivity index (χ0v) is 19.6. The summed E-state index contributed by atoms with van der Waals surface area (Å²) in [5, 5.41) is 13.0. The molecule has 3 aromatic rings. The first kappa shape index (κ1) is 23.3. The minimum Gasteiger partial charge on any atom is -0.344 e. The molecule has 3 heterocycles. The van der Waals surface area contributed by atoms with Crippen molar-refractivity contribution in [3.05, 3.63) is 76.4 Å². The summed E-state index contributed by atoms with van der Waals surface area (Å²) in [5.74, 6) is -2.04. The highest BCUT2D eigenvalue weighted by molar-refractivity contribution is 6.05. The molecular formula is C25H23FN6O4. The van der Waals surface area contributed by atoms with Gasteiger partial charge in [-0.15, -0.1) is 5.10 Å². The van der Waals surface area contributed by atoms with Gasteiger partial charge >= 0.3 is 0 Å². The van der Waals surface area contributed by atoms with E-state index in [1.54, 1.807) is 44.2 Å². The highest BCUT2D eigenvalue weighted by atomic mass is 19.1. The Morgan fingerprint density at radius 1 is 1.22 bits per heavy atom. The number of aromatic nitrogens is 3. The zero-order chi connectivity index (χ0) is 25.6. The fourth-order valence-electron chi connectivity index (χ4n) is 4.72. The summed E-state index contributed by atoms with van der Waals surface area (Å²) in [6.45, 7) is 3.72. The molecule has 2 aliphatic heterocycles. The lowest BCUT2D eigenvalue weighted by molar-refractivity contribution is -0.136. The molecule has 2 N–H and O–H groups in total. The lowest BCUT2D eigenvalue weighted by Gasteiger charge is -2.29. The lowest BCUT2D eigenvalue weighted by atomic mass is 10.0. The molecular weight excluding hydrogens is 467 g/mol. The molecule has 0 aliphatic carbocycles. The number of amides is 4. The second kappa shape index (κ2) is 8.99. The van der Waals surface area contributed by atoms with Gasteiger partial charge in [0, 0.05) is 24.1 Å². The van der Waals surface area contributed by atoms with E-state index in [1.165, 1.54) is 21.8 Å². The monoisotopic (exact) mass is 490 g/mol. The van der Waals surface area contributed by atoms with E-state index in [-0.39, 0.29) is 36.9 Å². The molecule has 2 aliphatic rings. The third kappa shape index (κ3) is 4.12. The van der Waals surface area contributed by atoms with Gasteiger partial charge in [-0.1, -0.05) is 23.4 Å². The molecule has 184 valence electrons. The first-order chi connectivity index (χ1) is 17.2. The summed E-state index contributed by atoms with van der Waals surface area (Å²) in [6.07, 6.45) is 1.89. The van der Waals surface area contributed by atoms with E-state index in [0.717, 1.165) is 11.1 Å². The van der Waals surface area contributed by atoms with Crippen LogP contribution in [0, 0.1) is 12.7 Å². The average molecular weight is 490 g/mol. The second-order valence-electron chi connectivity index (χ2n) is 8.96. The van der Waals surface area contributed by atoms with Crippen LogP contribution in [0.15, 0.2) is 42.6 Å². The Bertz CT molecular complexity index is 1400. The third-order valence-electron chi connectivity index (χ3n) is 6.55. The number of piperidine rings is 1. The van der Waals surface area contributed by atoms with Crippen molar-refractivity contribution in [3.63, 3.8) is 0 Å². The van der Waals surface area contributed by atoms with Crippen molar-refractivity contribution in [1.82, 2.24) is 30.5 Å². The van der Waals surface area contributed by atoms with Crippen LogP contribution >= 0.6 is 0 Å². The first-order valence-corrected chi connectivity index (χ1v) is 11.5. The van der Waals surface area contributed by atoms with E-state index < -0.39 is 29.7 Å². The molecule has 1 fully saturated rings. The van der Waals surface area contributed by atoms with Crippen LogP contribution in [0.25, 0.3) is 5.69 Å². The first-order valence-electron chi connectivity index (χ1n) is 11.5. The molecule has 0 saturated carbocycles. The molecule has 10 nitrogen and oxygen atoms in total. The van der Waals surface area contributed by atoms with Crippen molar-refractivity contribution in [2.45, 2.75) is 45.3 Å². The van der Waals surface area contributed by atoms with E-state index in [4.69, 9.17) is 0 Å². The van der Waals surface area contributed by atoms with Crippen molar-refractivity contribution in [1.29, 1.82) is 0 Å². The topological polar surface area (TPSA) is 126 Å². The van der Waals surface area contributed by atoms with Gasteiger partial charge in [0.25, 0.3) is 11.8 Å². The number of carbonyl (C=O) groups excluding carboxylic acids is 4. The minimum absolute atomic E-state index is 0.0350. The van der Waals surface area contributed by atoms with Crippen LogP contribution in [0.1, 0.15) is 63.3 Å².